The second-order valence-electron chi connectivity index (χ2n) is 8.78. The standard InChI is InChI=1S/C24H26N4O6S/c1-34-23(31)19-16(5-3-7-18(19)28(32)33)21(29)27-14-10-24(15-27)8-12-26(13-9-24)22(30)17-6-4-11-25-20(17)35-2/h3-7,11H,8-10,12-15H2,1-2H3. The molecule has 2 amide bonds. The van der Waals surface area contributed by atoms with Gasteiger partial charge in [0.15, 0.2) is 0 Å². The number of rotatable bonds is 5. The van der Waals surface area contributed by atoms with Crippen molar-refractivity contribution in [2.24, 2.45) is 5.41 Å². The number of nitro benzene ring substituents is 1. The lowest BCUT2D eigenvalue weighted by Crippen LogP contribution is -2.45. The van der Waals surface area contributed by atoms with Crippen molar-refractivity contribution in [2.45, 2.75) is 24.3 Å². The van der Waals surface area contributed by atoms with Gasteiger partial charge in [0.1, 0.15) is 10.6 Å². The summed E-state index contributed by atoms with van der Waals surface area (Å²) in [6.45, 7) is 2.11. The van der Waals surface area contributed by atoms with Gasteiger partial charge in [0.2, 0.25) is 0 Å². The first-order chi connectivity index (χ1) is 16.8. The Kier molecular flexibility index (Phi) is 7.06. The van der Waals surface area contributed by atoms with Crippen LogP contribution in [0.25, 0.3) is 0 Å². The molecule has 0 atom stereocenters. The van der Waals surface area contributed by atoms with Crippen molar-refractivity contribution in [1.82, 2.24) is 14.8 Å². The van der Waals surface area contributed by atoms with Crippen molar-refractivity contribution in [1.29, 1.82) is 0 Å². The molecule has 3 heterocycles. The summed E-state index contributed by atoms with van der Waals surface area (Å²) in [5.41, 5.74) is -0.344. The monoisotopic (exact) mass is 498 g/mol. The van der Waals surface area contributed by atoms with Gasteiger partial charge in [-0.2, -0.15) is 0 Å². The summed E-state index contributed by atoms with van der Waals surface area (Å²) >= 11 is 1.44. The Balaban J connectivity index is 1.47. The van der Waals surface area contributed by atoms with E-state index >= 15 is 0 Å². The van der Waals surface area contributed by atoms with Crippen molar-refractivity contribution in [3.05, 3.63) is 63.3 Å². The maximum Gasteiger partial charge on any atom is 0.345 e. The van der Waals surface area contributed by atoms with Gasteiger partial charge in [-0.15, -0.1) is 11.8 Å². The average Bonchev–Trinajstić information content (AvgIpc) is 3.30. The number of amides is 2. The molecule has 2 aliphatic rings. The SMILES string of the molecule is COC(=O)c1c(C(=O)N2CCC3(CCN(C(=O)c4cccnc4SC)CC3)C2)cccc1[N+](=O)[O-]. The van der Waals surface area contributed by atoms with Crippen LogP contribution in [0.1, 0.15) is 50.3 Å². The van der Waals surface area contributed by atoms with E-state index in [0.29, 0.717) is 36.8 Å². The van der Waals surface area contributed by atoms with Crippen molar-refractivity contribution < 1.29 is 24.0 Å². The smallest absolute Gasteiger partial charge is 0.345 e. The molecule has 2 fully saturated rings. The van der Waals surface area contributed by atoms with E-state index in [9.17, 15) is 24.5 Å². The topological polar surface area (TPSA) is 123 Å². The average molecular weight is 499 g/mol. The summed E-state index contributed by atoms with van der Waals surface area (Å²) in [7, 11) is 1.13. The zero-order chi connectivity index (χ0) is 25.2. The molecule has 0 unspecified atom stereocenters. The highest BCUT2D eigenvalue weighted by Gasteiger charge is 2.44. The number of carbonyl (C=O) groups is 3. The Labute approximate surface area is 206 Å². The van der Waals surface area contributed by atoms with Crippen molar-refractivity contribution in [3.63, 3.8) is 0 Å². The number of likely N-dealkylation sites (tertiary alicyclic amines) is 2. The van der Waals surface area contributed by atoms with E-state index in [0.717, 1.165) is 26.4 Å². The fourth-order valence-corrected chi connectivity index (χ4v) is 5.49. The number of hydrogen-bond acceptors (Lipinski definition) is 8. The molecular formula is C24H26N4O6S. The first-order valence-electron chi connectivity index (χ1n) is 11.2. The van der Waals surface area contributed by atoms with Crippen LogP contribution in [0.2, 0.25) is 0 Å². The van der Waals surface area contributed by atoms with E-state index in [1.165, 1.54) is 30.0 Å². The molecule has 10 nitrogen and oxygen atoms in total. The number of nitro groups is 1. The van der Waals surface area contributed by atoms with Crippen LogP contribution < -0.4 is 0 Å². The summed E-state index contributed by atoms with van der Waals surface area (Å²) in [4.78, 5) is 57.2. The summed E-state index contributed by atoms with van der Waals surface area (Å²) in [5.74, 6) is -1.38. The number of aromatic nitrogens is 1. The Morgan fingerprint density at radius 3 is 2.29 bits per heavy atom. The molecule has 2 aliphatic heterocycles. The number of carbonyl (C=O) groups excluding carboxylic acids is 3. The fraction of sp³-hybridized carbons (Fsp3) is 0.417. The van der Waals surface area contributed by atoms with E-state index in [1.54, 1.807) is 23.2 Å². The van der Waals surface area contributed by atoms with Crippen molar-refractivity contribution >= 4 is 35.2 Å². The fourth-order valence-electron chi connectivity index (χ4n) is 4.94. The number of pyridine rings is 1. The van der Waals surface area contributed by atoms with Crippen LogP contribution >= 0.6 is 11.8 Å². The van der Waals surface area contributed by atoms with Gasteiger partial charge in [0.25, 0.3) is 17.5 Å². The van der Waals surface area contributed by atoms with Crippen LogP contribution in [0, 0.1) is 15.5 Å². The lowest BCUT2D eigenvalue weighted by atomic mass is 9.77. The van der Waals surface area contributed by atoms with Gasteiger partial charge < -0.3 is 14.5 Å². The van der Waals surface area contributed by atoms with E-state index in [1.807, 2.05) is 11.2 Å². The third kappa shape index (κ3) is 4.72. The van der Waals surface area contributed by atoms with Crippen LogP contribution in [0.3, 0.4) is 0 Å². The molecule has 2 saturated heterocycles. The molecule has 0 N–H and O–H groups in total. The normalized spacial score (nSPS) is 16.9. The Morgan fingerprint density at radius 1 is 1.03 bits per heavy atom. The van der Waals surface area contributed by atoms with Gasteiger partial charge in [0, 0.05) is 38.4 Å². The molecule has 184 valence electrons. The first kappa shape index (κ1) is 24.6. The van der Waals surface area contributed by atoms with Crippen LogP contribution in [0.15, 0.2) is 41.6 Å². The highest BCUT2D eigenvalue weighted by atomic mass is 32.2. The van der Waals surface area contributed by atoms with E-state index in [-0.39, 0.29) is 22.4 Å². The highest BCUT2D eigenvalue weighted by molar-refractivity contribution is 7.98. The maximum atomic E-state index is 13.3. The van der Waals surface area contributed by atoms with E-state index < -0.39 is 22.5 Å². The predicted molar refractivity (Wildman–Crippen MR) is 129 cm³/mol. The number of nitrogens with zero attached hydrogens (tertiary/aromatic N) is 4. The summed E-state index contributed by atoms with van der Waals surface area (Å²) in [5, 5.41) is 12.1. The van der Waals surface area contributed by atoms with Crippen molar-refractivity contribution in [2.75, 3.05) is 39.5 Å². The maximum absolute atomic E-state index is 13.3. The second kappa shape index (κ2) is 10.0. The molecule has 35 heavy (non-hydrogen) atoms. The Bertz CT molecular complexity index is 1180. The van der Waals surface area contributed by atoms with Crippen molar-refractivity contribution in [3.8, 4) is 0 Å². The number of hydrogen-bond donors (Lipinski definition) is 0. The third-order valence-electron chi connectivity index (χ3n) is 6.89. The number of ether oxygens (including phenoxy) is 1. The molecule has 0 saturated carbocycles. The van der Waals surface area contributed by atoms with Crippen LogP contribution in [0.4, 0.5) is 5.69 Å². The third-order valence-corrected chi connectivity index (χ3v) is 7.60. The second-order valence-corrected chi connectivity index (χ2v) is 9.57. The lowest BCUT2D eigenvalue weighted by Gasteiger charge is -2.39. The van der Waals surface area contributed by atoms with Gasteiger partial charge in [-0.3, -0.25) is 19.7 Å². The summed E-state index contributed by atoms with van der Waals surface area (Å²) in [6, 6.07) is 7.56. The molecule has 11 heteroatoms. The van der Waals surface area contributed by atoms with Gasteiger partial charge in [-0.25, -0.2) is 9.78 Å². The van der Waals surface area contributed by atoms with Crippen LogP contribution in [-0.4, -0.2) is 77.0 Å². The minimum atomic E-state index is -0.915. The van der Waals surface area contributed by atoms with Crippen LogP contribution in [0.5, 0.6) is 0 Å². The summed E-state index contributed by atoms with van der Waals surface area (Å²) < 4.78 is 4.72. The molecule has 1 aromatic carbocycles. The van der Waals surface area contributed by atoms with Crippen LogP contribution in [-0.2, 0) is 4.74 Å². The van der Waals surface area contributed by atoms with Gasteiger partial charge in [-0.05, 0) is 49.1 Å². The predicted octanol–water partition coefficient (Wildman–Crippen LogP) is 3.27. The number of esters is 1. The molecule has 0 aliphatic carbocycles. The molecule has 1 spiro atoms. The zero-order valence-corrected chi connectivity index (χ0v) is 20.4. The zero-order valence-electron chi connectivity index (χ0n) is 19.6. The minimum Gasteiger partial charge on any atom is -0.465 e. The Hall–Kier alpha value is -3.47. The largest absolute Gasteiger partial charge is 0.465 e. The molecular weight excluding hydrogens is 472 g/mol. The van der Waals surface area contributed by atoms with E-state index in [2.05, 4.69) is 4.98 Å². The van der Waals surface area contributed by atoms with Gasteiger partial charge in [0.05, 0.1) is 23.2 Å². The van der Waals surface area contributed by atoms with Gasteiger partial charge >= 0.3 is 5.97 Å². The highest BCUT2D eigenvalue weighted by Crippen LogP contribution is 2.41. The quantitative estimate of drug-likeness (QED) is 0.266. The molecule has 2 aromatic rings. The number of thioether (sulfide) groups is 1. The summed E-state index contributed by atoms with van der Waals surface area (Å²) in [6.07, 6.45) is 5.82. The Morgan fingerprint density at radius 2 is 1.66 bits per heavy atom. The molecule has 4 rings (SSSR count). The lowest BCUT2D eigenvalue weighted by molar-refractivity contribution is -0.385. The first-order valence-corrected chi connectivity index (χ1v) is 12.5. The van der Waals surface area contributed by atoms with E-state index in [4.69, 9.17) is 4.74 Å². The number of methoxy groups -OCH3 is 1. The molecule has 1 aromatic heterocycles. The van der Waals surface area contributed by atoms with Gasteiger partial charge in [-0.1, -0.05) is 6.07 Å². The number of benzene rings is 1. The molecule has 0 radical (unpaired) electrons. The minimum absolute atomic E-state index is 0.0307. The molecule has 0 bridgehead atoms. The number of piperidine rings is 1.